The molecular formula is C21H22N4OS. The second-order valence-electron chi connectivity index (χ2n) is 6.74. The highest BCUT2D eigenvalue weighted by atomic mass is 32.2. The average molecular weight is 379 g/mol. The highest BCUT2D eigenvalue weighted by Crippen LogP contribution is 2.38. The third-order valence-electron chi connectivity index (χ3n) is 4.65. The zero-order valence-corrected chi connectivity index (χ0v) is 16.0. The van der Waals surface area contributed by atoms with Gasteiger partial charge in [0.25, 0.3) is 0 Å². The minimum absolute atomic E-state index is 0.0132. The first-order valence-electron chi connectivity index (χ1n) is 9.16. The Hall–Kier alpha value is -2.60. The standard InChI is InChI=1S/C21H22N4OS/c1-15-23-24-21(25(15)18-12-13-18)27-14-19(26)22-20(16-8-4-2-5-9-16)17-10-6-3-7-11-17/h2-11,18,20H,12-14H2,1H3,(H,22,26). The molecule has 0 atom stereocenters. The van der Waals surface area contributed by atoms with Gasteiger partial charge in [-0.25, -0.2) is 0 Å². The molecule has 5 nitrogen and oxygen atoms in total. The summed E-state index contributed by atoms with van der Waals surface area (Å²) in [5.74, 6) is 1.23. The molecule has 1 saturated carbocycles. The minimum Gasteiger partial charge on any atom is -0.344 e. The third kappa shape index (κ3) is 4.22. The summed E-state index contributed by atoms with van der Waals surface area (Å²) in [6.07, 6.45) is 2.34. The van der Waals surface area contributed by atoms with E-state index in [-0.39, 0.29) is 11.9 Å². The van der Waals surface area contributed by atoms with Gasteiger partial charge < -0.3 is 9.88 Å². The lowest BCUT2D eigenvalue weighted by Crippen LogP contribution is -2.30. The molecule has 6 heteroatoms. The van der Waals surface area contributed by atoms with Crippen LogP contribution in [0.2, 0.25) is 0 Å². The van der Waals surface area contributed by atoms with E-state index in [4.69, 9.17) is 0 Å². The van der Waals surface area contributed by atoms with E-state index in [1.165, 1.54) is 24.6 Å². The summed E-state index contributed by atoms with van der Waals surface area (Å²) >= 11 is 1.45. The van der Waals surface area contributed by atoms with Crippen LogP contribution in [0.3, 0.4) is 0 Å². The summed E-state index contributed by atoms with van der Waals surface area (Å²) in [6.45, 7) is 1.97. The molecule has 138 valence electrons. The van der Waals surface area contributed by atoms with Crippen LogP contribution < -0.4 is 5.32 Å². The molecule has 0 bridgehead atoms. The maximum Gasteiger partial charge on any atom is 0.231 e. The van der Waals surface area contributed by atoms with E-state index >= 15 is 0 Å². The van der Waals surface area contributed by atoms with E-state index in [1.54, 1.807) is 0 Å². The number of nitrogens with one attached hydrogen (secondary N) is 1. The molecule has 1 aliphatic carbocycles. The molecule has 1 amide bonds. The molecule has 1 fully saturated rings. The van der Waals surface area contributed by atoms with Crippen LogP contribution >= 0.6 is 11.8 Å². The van der Waals surface area contributed by atoms with Crippen LogP contribution in [-0.2, 0) is 4.79 Å². The number of thioether (sulfide) groups is 1. The lowest BCUT2D eigenvalue weighted by atomic mass is 9.99. The van der Waals surface area contributed by atoms with Crippen molar-refractivity contribution in [1.29, 1.82) is 0 Å². The zero-order chi connectivity index (χ0) is 18.6. The zero-order valence-electron chi connectivity index (χ0n) is 15.2. The molecule has 0 spiro atoms. The minimum atomic E-state index is -0.163. The van der Waals surface area contributed by atoms with Gasteiger partial charge in [0.2, 0.25) is 5.91 Å². The number of nitrogens with zero attached hydrogens (tertiary/aromatic N) is 3. The molecule has 1 N–H and O–H groups in total. The van der Waals surface area contributed by atoms with Crippen LogP contribution in [0, 0.1) is 6.92 Å². The van der Waals surface area contributed by atoms with Gasteiger partial charge in [-0.2, -0.15) is 0 Å². The Morgan fingerprint density at radius 2 is 1.67 bits per heavy atom. The van der Waals surface area contributed by atoms with Crippen molar-refractivity contribution in [1.82, 2.24) is 20.1 Å². The number of rotatable bonds is 7. The van der Waals surface area contributed by atoms with E-state index in [0.717, 1.165) is 22.1 Å². The van der Waals surface area contributed by atoms with Crippen molar-refractivity contribution in [2.45, 2.75) is 37.0 Å². The molecule has 0 aliphatic heterocycles. The molecule has 1 heterocycles. The first-order chi connectivity index (χ1) is 13.2. The van der Waals surface area contributed by atoms with Crippen molar-refractivity contribution in [3.8, 4) is 0 Å². The van der Waals surface area contributed by atoms with Gasteiger partial charge in [0.1, 0.15) is 5.82 Å². The maximum atomic E-state index is 12.7. The first kappa shape index (κ1) is 17.8. The predicted molar refractivity (Wildman–Crippen MR) is 107 cm³/mol. The third-order valence-corrected chi connectivity index (χ3v) is 5.59. The smallest absolute Gasteiger partial charge is 0.231 e. The number of aryl methyl sites for hydroxylation is 1. The Labute approximate surface area is 163 Å². The summed E-state index contributed by atoms with van der Waals surface area (Å²) in [6, 6.07) is 20.4. The Balaban J connectivity index is 1.46. The fourth-order valence-corrected chi connectivity index (χ4v) is 4.05. The van der Waals surface area contributed by atoms with Gasteiger partial charge in [0.05, 0.1) is 11.8 Å². The molecule has 1 aromatic heterocycles. The topological polar surface area (TPSA) is 59.8 Å². The number of amides is 1. The van der Waals surface area contributed by atoms with Gasteiger partial charge in [0, 0.05) is 6.04 Å². The Morgan fingerprint density at radius 1 is 1.07 bits per heavy atom. The monoisotopic (exact) mass is 378 g/mol. The van der Waals surface area contributed by atoms with Gasteiger partial charge in [-0.1, -0.05) is 72.4 Å². The van der Waals surface area contributed by atoms with Gasteiger partial charge in [-0.15, -0.1) is 10.2 Å². The molecule has 0 radical (unpaired) electrons. The molecule has 4 rings (SSSR count). The number of benzene rings is 2. The lowest BCUT2D eigenvalue weighted by Gasteiger charge is -2.20. The Morgan fingerprint density at radius 3 is 2.22 bits per heavy atom. The largest absolute Gasteiger partial charge is 0.344 e. The van der Waals surface area contributed by atoms with Crippen molar-refractivity contribution in [2.75, 3.05) is 5.75 Å². The fraction of sp³-hybridized carbons (Fsp3) is 0.286. The summed E-state index contributed by atoms with van der Waals surface area (Å²) in [4.78, 5) is 12.7. The van der Waals surface area contributed by atoms with Gasteiger partial charge in [-0.05, 0) is 30.9 Å². The molecule has 0 unspecified atom stereocenters. The lowest BCUT2D eigenvalue weighted by molar-refractivity contribution is -0.119. The molecule has 27 heavy (non-hydrogen) atoms. The highest BCUT2D eigenvalue weighted by Gasteiger charge is 2.28. The van der Waals surface area contributed by atoms with Crippen LogP contribution in [0.15, 0.2) is 65.8 Å². The molecule has 0 saturated heterocycles. The first-order valence-corrected chi connectivity index (χ1v) is 10.1. The molecule has 3 aromatic rings. The Bertz CT molecular complexity index is 867. The van der Waals surface area contributed by atoms with E-state index in [1.807, 2.05) is 67.6 Å². The fourth-order valence-electron chi connectivity index (χ4n) is 3.18. The Kier molecular flexibility index (Phi) is 5.25. The normalized spacial score (nSPS) is 13.7. The van der Waals surface area contributed by atoms with E-state index in [9.17, 15) is 4.79 Å². The van der Waals surface area contributed by atoms with E-state index in [2.05, 4.69) is 20.1 Å². The molecular weight excluding hydrogens is 356 g/mol. The maximum absolute atomic E-state index is 12.7. The van der Waals surface area contributed by atoms with Crippen LogP contribution in [0.25, 0.3) is 0 Å². The van der Waals surface area contributed by atoms with Crippen LogP contribution in [0.5, 0.6) is 0 Å². The van der Waals surface area contributed by atoms with Crippen LogP contribution in [0.1, 0.15) is 41.9 Å². The van der Waals surface area contributed by atoms with Gasteiger partial charge in [0.15, 0.2) is 5.16 Å². The van der Waals surface area contributed by atoms with Crippen molar-refractivity contribution in [3.63, 3.8) is 0 Å². The molecule has 2 aromatic carbocycles. The SMILES string of the molecule is Cc1nnc(SCC(=O)NC(c2ccccc2)c2ccccc2)n1C1CC1. The van der Waals surface area contributed by atoms with Crippen molar-refractivity contribution in [3.05, 3.63) is 77.6 Å². The summed E-state index contributed by atoms with van der Waals surface area (Å²) < 4.78 is 2.16. The average Bonchev–Trinajstić information content (AvgIpc) is 3.48. The van der Waals surface area contributed by atoms with Crippen molar-refractivity contribution in [2.24, 2.45) is 0 Å². The number of hydrogen-bond acceptors (Lipinski definition) is 4. The second kappa shape index (κ2) is 7.96. The van der Waals surface area contributed by atoms with Crippen molar-refractivity contribution < 1.29 is 4.79 Å². The number of carbonyl (C=O) groups is 1. The number of carbonyl (C=O) groups excluding carboxylic acids is 1. The van der Waals surface area contributed by atoms with Gasteiger partial charge in [-0.3, -0.25) is 4.79 Å². The number of hydrogen-bond donors (Lipinski definition) is 1. The van der Waals surface area contributed by atoms with Crippen molar-refractivity contribution >= 4 is 17.7 Å². The molecule has 1 aliphatic rings. The van der Waals surface area contributed by atoms with Gasteiger partial charge >= 0.3 is 0 Å². The van der Waals surface area contributed by atoms with E-state index in [0.29, 0.717) is 11.8 Å². The van der Waals surface area contributed by atoms with Crippen LogP contribution in [0.4, 0.5) is 0 Å². The summed E-state index contributed by atoms with van der Waals surface area (Å²) in [5.41, 5.74) is 2.14. The second-order valence-corrected chi connectivity index (χ2v) is 7.68. The number of aromatic nitrogens is 3. The summed E-state index contributed by atoms with van der Waals surface area (Å²) in [5, 5.41) is 12.4. The summed E-state index contributed by atoms with van der Waals surface area (Å²) in [7, 11) is 0. The van der Waals surface area contributed by atoms with Crippen LogP contribution in [-0.4, -0.2) is 26.4 Å². The quantitative estimate of drug-likeness (QED) is 0.633. The van der Waals surface area contributed by atoms with E-state index < -0.39 is 0 Å². The predicted octanol–water partition coefficient (Wildman–Crippen LogP) is 3.92. The highest BCUT2D eigenvalue weighted by molar-refractivity contribution is 7.99.